The molecule has 19 heavy (non-hydrogen) atoms. The molecule has 2 heterocycles. The van der Waals surface area contributed by atoms with Gasteiger partial charge in [-0.3, -0.25) is 9.69 Å². The maximum atomic E-state index is 11.9. The molecule has 1 aliphatic rings. The van der Waals surface area contributed by atoms with E-state index in [1.165, 1.54) is 0 Å². The molecule has 0 atom stereocenters. The molecule has 6 heteroatoms. The number of aryl methyl sites for hydroxylation is 1. The minimum Gasteiger partial charge on any atom is -0.341 e. The molecule has 1 aliphatic heterocycles. The van der Waals surface area contributed by atoms with E-state index in [0.717, 1.165) is 55.6 Å². The molecular weight excluding hydrogens is 260 g/mol. The first-order valence-electron chi connectivity index (χ1n) is 6.98. The van der Waals surface area contributed by atoms with Crippen LogP contribution in [0.25, 0.3) is 0 Å². The van der Waals surface area contributed by atoms with E-state index in [0.29, 0.717) is 12.3 Å². The average molecular weight is 282 g/mol. The lowest BCUT2D eigenvalue weighted by molar-refractivity contribution is -0.131. The minimum absolute atomic E-state index is 0.302. The summed E-state index contributed by atoms with van der Waals surface area (Å²) in [5, 5.41) is 10.3. The third-order valence-electron chi connectivity index (χ3n) is 3.33. The topological polar surface area (TPSA) is 49.3 Å². The molecule has 0 radical (unpaired) electrons. The Hall–Kier alpha value is -1.01. The molecule has 0 unspecified atom stereocenters. The molecule has 0 aromatic carbocycles. The fourth-order valence-electron chi connectivity index (χ4n) is 2.34. The number of nitrogens with zero attached hydrogens (tertiary/aromatic N) is 4. The van der Waals surface area contributed by atoms with E-state index in [4.69, 9.17) is 0 Å². The Morgan fingerprint density at radius 2 is 2.11 bits per heavy atom. The number of aromatic nitrogens is 2. The van der Waals surface area contributed by atoms with Gasteiger partial charge in [0, 0.05) is 32.6 Å². The zero-order chi connectivity index (χ0) is 13.7. The van der Waals surface area contributed by atoms with Gasteiger partial charge in [0.05, 0.1) is 6.54 Å². The number of hydrogen-bond donors (Lipinski definition) is 0. The van der Waals surface area contributed by atoms with Crippen LogP contribution in [0.1, 0.15) is 36.2 Å². The number of hydrogen-bond acceptors (Lipinski definition) is 5. The summed E-state index contributed by atoms with van der Waals surface area (Å²) in [4.78, 5) is 16.3. The normalized spacial score (nSPS) is 17.5. The molecule has 0 N–H and O–H groups in total. The Bertz CT molecular complexity index is 421. The predicted molar refractivity (Wildman–Crippen MR) is 76.0 cm³/mol. The van der Waals surface area contributed by atoms with Gasteiger partial charge in [0.25, 0.3) is 0 Å². The number of carbonyl (C=O) groups is 1. The molecule has 1 saturated heterocycles. The van der Waals surface area contributed by atoms with Crippen LogP contribution in [0, 0.1) is 6.92 Å². The first kappa shape index (κ1) is 14.4. The van der Waals surface area contributed by atoms with Gasteiger partial charge in [0.1, 0.15) is 10.0 Å². The second-order valence-electron chi connectivity index (χ2n) is 4.98. The highest BCUT2D eigenvalue weighted by Gasteiger charge is 2.19. The maximum absolute atomic E-state index is 11.9. The molecule has 0 spiro atoms. The van der Waals surface area contributed by atoms with Crippen LogP contribution in [0.4, 0.5) is 0 Å². The molecule has 0 bridgehead atoms. The van der Waals surface area contributed by atoms with Crippen LogP contribution in [0.5, 0.6) is 0 Å². The fraction of sp³-hybridized carbons (Fsp3) is 0.769. The lowest BCUT2D eigenvalue weighted by atomic mass is 10.3. The number of carbonyl (C=O) groups excluding carboxylic acids is 1. The van der Waals surface area contributed by atoms with Crippen LogP contribution in [0.3, 0.4) is 0 Å². The van der Waals surface area contributed by atoms with Gasteiger partial charge >= 0.3 is 0 Å². The van der Waals surface area contributed by atoms with Crippen LogP contribution < -0.4 is 0 Å². The van der Waals surface area contributed by atoms with Crippen molar-refractivity contribution in [2.45, 2.75) is 39.7 Å². The number of amides is 1. The van der Waals surface area contributed by atoms with Gasteiger partial charge in [-0.2, -0.15) is 0 Å². The maximum Gasteiger partial charge on any atom is 0.222 e. The lowest BCUT2D eigenvalue weighted by Gasteiger charge is -2.21. The van der Waals surface area contributed by atoms with Crippen molar-refractivity contribution in [1.82, 2.24) is 20.0 Å². The largest absolute Gasteiger partial charge is 0.341 e. The summed E-state index contributed by atoms with van der Waals surface area (Å²) in [5.74, 6) is 0.302. The van der Waals surface area contributed by atoms with E-state index in [1.54, 1.807) is 11.3 Å². The molecule has 1 aromatic heterocycles. The van der Waals surface area contributed by atoms with Gasteiger partial charge in [-0.15, -0.1) is 21.5 Å². The molecule has 1 aromatic rings. The van der Waals surface area contributed by atoms with Crippen LogP contribution in [-0.2, 0) is 11.3 Å². The predicted octanol–water partition coefficient (Wildman–Crippen LogP) is 1.68. The molecular formula is C13H22N4OS. The Kier molecular flexibility index (Phi) is 5.27. The quantitative estimate of drug-likeness (QED) is 0.843. The van der Waals surface area contributed by atoms with E-state index >= 15 is 0 Å². The van der Waals surface area contributed by atoms with Crippen molar-refractivity contribution in [3.05, 3.63) is 10.0 Å². The van der Waals surface area contributed by atoms with Gasteiger partial charge in [-0.25, -0.2) is 0 Å². The molecule has 5 nitrogen and oxygen atoms in total. The Morgan fingerprint density at radius 3 is 2.79 bits per heavy atom. The van der Waals surface area contributed by atoms with E-state index in [-0.39, 0.29) is 0 Å². The Labute approximate surface area is 118 Å². The van der Waals surface area contributed by atoms with Gasteiger partial charge in [-0.1, -0.05) is 6.92 Å². The molecule has 106 valence electrons. The van der Waals surface area contributed by atoms with E-state index < -0.39 is 0 Å². The number of rotatable bonds is 4. The highest BCUT2D eigenvalue weighted by Crippen LogP contribution is 2.13. The first-order valence-corrected chi connectivity index (χ1v) is 7.80. The van der Waals surface area contributed by atoms with Gasteiger partial charge < -0.3 is 4.90 Å². The standard InChI is InChI=1S/C13H22N4OS/c1-3-5-13(18)17-7-4-6-16(8-9-17)10-12-15-14-11(2)19-12/h3-10H2,1-2H3. The van der Waals surface area contributed by atoms with Crippen molar-refractivity contribution < 1.29 is 4.79 Å². The Balaban J connectivity index is 1.84. The highest BCUT2D eigenvalue weighted by atomic mass is 32.1. The lowest BCUT2D eigenvalue weighted by Crippen LogP contribution is -2.34. The van der Waals surface area contributed by atoms with Crippen molar-refractivity contribution in [3.8, 4) is 0 Å². The second kappa shape index (κ2) is 6.96. The summed E-state index contributed by atoms with van der Waals surface area (Å²) in [5.41, 5.74) is 0. The van der Waals surface area contributed by atoms with Crippen molar-refractivity contribution in [2.75, 3.05) is 26.2 Å². The summed E-state index contributed by atoms with van der Waals surface area (Å²) in [6, 6.07) is 0. The van der Waals surface area contributed by atoms with Crippen molar-refractivity contribution in [2.24, 2.45) is 0 Å². The fourth-order valence-corrected chi connectivity index (χ4v) is 3.09. The smallest absolute Gasteiger partial charge is 0.222 e. The van der Waals surface area contributed by atoms with Gasteiger partial charge in [0.15, 0.2) is 0 Å². The second-order valence-corrected chi connectivity index (χ2v) is 6.24. The summed E-state index contributed by atoms with van der Waals surface area (Å²) < 4.78 is 0. The summed E-state index contributed by atoms with van der Waals surface area (Å²) in [7, 11) is 0. The Morgan fingerprint density at radius 1 is 1.26 bits per heavy atom. The van der Waals surface area contributed by atoms with Crippen molar-refractivity contribution >= 4 is 17.2 Å². The van der Waals surface area contributed by atoms with Crippen LogP contribution in [-0.4, -0.2) is 52.1 Å². The SMILES string of the molecule is CCCC(=O)N1CCCN(Cc2nnc(C)s2)CC1. The van der Waals surface area contributed by atoms with E-state index in [2.05, 4.69) is 22.0 Å². The summed E-state index contributed by atoms with van der Waals surface area (Å²) in [6.45, 7) is 8.61. The van der Waals surface area contributed by atoms with Gasteiger partial charge in [0.2, 0.25) is 5.91 Å². The molecule has 1 fully saturated rings. The molecule has 0 aliphatic carbocycles. The van der Waals surface area contributed by atoms with Crippen LogP contribution >= 0.6 is 11.3 Å². The van der Waals surface area contributed by atoms with Crippen molar-refractivity contribution in [1.29, 1.82) is 0 Å². The molecule has 1 amide bonds. The van der Waals surface area contributed by atoms with Crippen molar-refractivity contribution in [3.63, 3.8) is 0 Å². The third kappa shape index (κ3) is 4.24. The zero-order valence-electron chi connectivity index (χ0n) is 11.8. The molecule has 0 saturated carbocycles. The van der Waals surface area contributed by atoms with Gasteiger partial charge in [-0.05, 0) is 19.8 Å². The first-order chi connectivity index (χ1) is 9.19. The summed E-state index contributed by atoms with van der Waals surface area (Å²) in [6.07, 6.45) is 2.66. The monoisotopic (exact) mass is 282 g/mol. The highest BCUT2D eigenvalue weighted by molar-refractivity contribution is 7.11. The average Bonchev–Trinajstić information content (AvgIpc) is 2.64. The summed E-state index contributed by atoms with van der Waals surface area (Å²) >= 11 is 1.66. The van der Waals surface area contributed by atoms with E-state index in [1.807, 2.05) is 11.8 Å². The van der Waals surface area contributed by atoms with Crippen LogP contribution in [0.2, 0.25) is 0 Å². The third-order valence-corrected chi connectivity index (χ3v) is 4.16. The zero-order valence-corrected chi connectivity index (χ0v) is 12.6. The van der Waals surface area contributed by atoms with E-state index in [9.17, 15) is 4.79 Å². The minimum atomic E-state index is 0.302. The van der Waals surface area contributed by atoms with Crippen LogP contribution in [0.15, 0.2) is 0 Å². The molecule has 2 rings (SSSR count).